The third kappa shape index (κ3) is 4.84. The predicted molar refractivity (Wildman–Crippen MR) is 112 cm³/mol. The van der Waals surface area contributed by atoms with Crippen LogP contribution in [0.15, 0.2) is 37.8 Å². The molecule has 14 nitrogen and oxygen atoms in total. The number of anilines is 1. The maximum Gasteiger partial charge on any atom is 0.328 e. The first-order valence-corrected chi connectivity index (χ1v) is 10.7. The molecule has 1 fully saturated rings. The lowest BCUT2D eigenvalue weighted by molar-refractivity contribution is -0.385. The molecule has 2 aromatic rings. The van der Waals surface area contributed by atoms with Gasteiger partial charge in [-0.1, -0.05) is 0 Å². The van der Waals surface area contributed by atoms with Crippen molar-refractivity contribution in [1.82, 2.24) is 14.3 Å². The lowest BCUT2D eigenvalue weighted by atomic mass is 10.3. The maximum absolute atomic E-state index is 13.3. The summed E-state index contributed by atoms with van der Waals surface area (Å²) in [6, 6.07) is 3.15. The van der Waals surface area contributed by atoms with Gasteiger partial charge in [-0.25, -0.2) is 13.2 Å². The molecule has 0 saturated carbocycles. The van der Waals surface area contributed by atoms with E-state index in [0.717, 1.165) is 28.7 Å². The van der Waals surface area contributed by atoms with Crippen molar-refractivity contribution in [2.75, 3.05) is 18.5 Å². The van der Waals surface area contributed by atoms with E-state index in [4.69, 9.17) is 4.74 Å². The molecule has 15 heteroatoms. The molecule has 4 N–H and O–H groups in total. The Morgan fingerprint density at radius 2 is 1.94 bits per heavy atom. The zero-order valence-electron chi connectivity index (χ0n) is 16.9. The summed E-state index contributed by atoms with van der Waals surface area (Å²) in [6.07, 6.45) is 0.106. The number of nitrogens with one attached hydrogen (secondary N) is 3. The van der Waals surface area contributed by atoms with Crippen molar-refractivity contribution in [2.24, 2.45) is 5.10 Å². The first kappa shape index (κ1) is 23.1. The summed E-state index contributed by atoms with van der Waals surface area (Å²) in [5.41, 5.74) is -0.359. The van der Waals surface area contributed by atoms with Crippen LogP contribution < -0.4 is 16.7 Å². The number of aromatic amines is 2. The molecule has 0 aliphatic carbocycles. The molecule has 1 saturated heterocycles. The third-order valence-electron chi connectivity index (χ3n) is 4.52. The van der Waals surface area contributed by atoms with Crippen molar-refractivity contribution in [3.63, 3.8) is 0 Å². The summed E-state index contributed by atoms with van der Waals surface area (Å²) in [5.74, 6) is -0.739. The highest BCUT2D eigenvalue weighted by Crippen LogP contribution is 2.30. The first-order chi connectivity index (χ1) is 15.0. The van der Waals surface area contributed by atoms with E-state index in [9.17, 15) is 33.2 Å². The number of hydrogen-bond acceptors (Lipinski definition) is 10. The molecule has 1 aliphatic rings. The molecule has 2 atom stereocenters. The third-order valence-corrected chi connectivity index (χ3v) is 6.39. The number of ether oxygens (including phenoxy) is 1. The van der Waals surface area contributed by atoms with Crippen LogP contribution in [-0.4, -0.2) is 64.2 Å². The smallest absolute Gasteiger partial charge is 0.328 e. The predicted octanol–water partition coefficient (Wildman–Crippen LogP) is -0.0791. The Hall–Kier alpha value is -3.56. The molecule has 172 valence electrons. The van der Waals surface area contributed by atoms with Gasteiger partial charge in [0.05, 0.1) is 29.0 Å². The Labute approximate surface area is 180 Å². The summed E-state index contributed by atoms with van der Waals surface area (Å²) in [5, 5.41) is 24.6. The molecule has 1 aliphatic heterocycles. The minimum absolute atomic E-state index is 0.0543. The number of sulfonamides is 1. The van der Waals surface area contributed by atoms with E-state index < -0.39 is 42.7 Å². The van der Waals surface area contributed by atoms with Gasteiger partial charge in [0, 0.05) is 25.2 Å². The molecule has 0 spiro atoms. The lowest BCUT2D eigenvalue weighted by Crippen LogP contribution is -2.48. The standard InChI is InChI=1S/C17H20N6O8S/c1-9-7-22(8-10(2)31-9)32(29,30)14-5-11(23(27)28)3-4-13(14)21-18-6-12-15(24)19-17(26)20-16(12)25/h3-6,9-10,21H,7-8H2,1-2H3,(H3,19,20,24,25,26)/t9-,10+. The molecule has 1 aromatic heterocycles. The van der Waals surface area contributed by atoms with Gasteiger partial charge in [0.2, 0.25) is 15.9 Å². The number of nitro benzene ring substituents is 1. The Morgan fingerprint density at radius 1 is 1.28 bits per heavy atom. The number of benzene rings is 1. The van der Waals surface area contributed by atoms with E-state index in [1.54, 1.807) is 13.8 Å². The number of hydrazone groups is 1. The molecule has 2 heterocycles. The second-order valence-corrected chi connectivity index (χ2v) is 8.96. The van der Waals surface area contributed by atoms with Crippen LogP contribution in [0.25, 0.3) is 0 Å². The van der Waals surface area contributed by atoms with E-state index in [0.29, 0.717) is 0 Å². The number of aromatic hydroxyl groups is 1. The number of nitro groups is 1. The van der Waals surface area contributed by atoms with Gasteiger partial charge in [0.25, 0.3) is 11.2 Å². The topological polar surface area (TPSA) is 200 Å². The number of hydrogen-bond donors (Lipinski definition) is 4. The van der Waals surface area contributed by atoms with Crippen molar-refractivity contribution in [3.8, 4) is 5.88 Å². The fourth-order valence-electron chi connectivity index (χ4n) is 3.17. The fourth-order valence-corrected chi connectivity index (χ4v) is 4.92. The average molecular weight is 468 g/mol. The van der Waals surface area contributed by atoms with Crippen molar-refractivity contribution in [3.05, 3.63) is 54.7 Å². The van der Waals surface area contributed by atoms with E-state index in [-0.39, 0.29) is 36.5 Å². The van der Waals surface area contributed by atoms with Crippen molar-refractivity contribution in [2.45, 2.75) is 31.0 Å². The molecule has 32 heavy (non-hydrogen) atoms. The van der Waals surface area contributed by atoms with Gasteiger partial charge in [0.15, 0.2) is 0 Å². The monoisotopic (exact) mass is 468 g/mol. The van der Waals surface area contributed by atoms with E-state index in [1.807, 2.05) is 9.97 Å². The Bertz CT molecular complexity index is 1270. The van der Waals surface area contributed by atoms with Crippen LogP contribution in [0.1, 0.15) is 19.4 Å². The van der Waals surface area contributed by atoms with E-state index in [2.05, 4.69) is 10.5 Å². The van der Waals surface area contributed by atoms with Crippen molar-refractivity contribution < 1.29 is 23.2 Å². The first-order valence-electron chi connectivity index (χ1n) is 9.27. The van der Waals surface area contributed by atoms with Gasteiger partial charge in [-0.3, -0.25) is 30.3 Å². The summed E-state index contributed by atoms with van der Waals surface area (Å²) < 4.78 is 33.3. The van der Waals surface area contributed by atoms with Gasteiger partial charge >= 0.3 is 5.69 Å². The minimum Gasteiger partial charge on any atom is -0.494 e. The molecule has 3 rings (SSSR count). The lowest BCUT2D eigenvalue weighted by Gasteiger charge is -2.34. The van der Waals surface area contributed by atoms with Crippen LogP contribution in [0.3, 0.4) is 0 Å². The molecule has 0 bridgehead atoms. The largest absolute Gasteiger partial charge is 0.494 e. The van der Waals surface area contributed by atoms with Crippen molar-refractivity contribution >= 4 is 27.6 Å². The number of morpholine rings is 1. The fraction of sp³-hybridized carbons (Fsp3) is 0.353. The highest BCUT2D eigenvalue weighted by atomic mass is 32.2. The summed E-state index contributed by atoms with van der Waals surface area (Å²) in [4.78, 5) is 36.9. The van der Waals surface area contributed by atoms with Gasteiger partial charge in [-0.05, 0) is 19.9 Å². The molecular weight excluding hydrogens is 448 g/mol. The summed E-state index contributed by atoms with van der Waals surface area (Å²) >= 11 is 0. The summed E-state index contributed by atoms with van der Waals surface area (Å²) in [7, 11) is -4.18. The zero-order chi connectivity index (χ0) is 23.6. The number of rotatable bonds is 6. The van der Waals surface area contributed by atoms with E-state index in [1.165, 1.54) is 0 Å². The van der Waals surface area contributed by atoms with Crippen LogP contribution in [0.4, 0.5) is 11.4 Å². The highest BCUT2D eigenvalue weighted by molar-refractivity contribution is 7.89. The molecule has 1 aromatic carbocycles. The van der Waals surface area contributed by atoms with Crippen LogP contribution in [0, 0.1) is 10.1 Å². The average Bonchev–Trinajstić information content (AvgIpc) is 2.69. The maximum atomic E-state index is 13.3. The Morgan fingerprint density at radius 3 is 2.53 bits per heavy atom. The van der Waals surface area contributed by atoms with Gasteiger partial charge in [0.1, 0.15) is 10.5 Å². The second-order valence-electron chi connectivity index (χ2n) is 7.06. The summed E-state index contributed by atoms with van der Waals surface area (Å²) in [6.45, 7) is 3.53. The SMILES string of the molecule is C[C@@H]1CN(S(=O)(=O)c2cc([N+](=O)[O-])ccc2NN=Cc2c(O)[nH]c(=O)[nH]c2=O)C[C@H](C)O1. The van der Waals surface area contributed by atoms with E-state index >= 15 is 0 Å². The van der Waals surface area contributed by atoms with Crippen molar-refractivity contribution in [1.29, 1.82) is 0 Å². The Kier molecular flexibility index (Phi) is 6.42. The number of H-pyrrole nitrogens is 2. The molecular formula is C17H20N6O8S. The van der Waals surface area contributed by atoms with Crippen LogP contribution >= 0.6 is 0 Å². The molecule has 0 amide bonds. The Balaban J connectivity index is 1.99. The van der Waals surface area contributed by atoms with Gasteiger partial charge < -0.3 is 9.84 Å². The molecule has 0 radical (unpaired) electrons. The molecule has 0 unspecified atom stereocenters. The van der Waals surface area contributed by atoms with Crippen LogP contribution in [0.5, 0.6) is 5.88 Å². The van der Waals surface area contributed by atoms with Crippen LogP contribution in [0.2, 0.25) is 0 Å². The number of aromatic nitrogens is 2. The highest BCUT2D eigenvalue weighted by Gasteiger charge is 2.34. The quantitative estimate of drug-likeness (QED) is 0.254. The minimum atomic E-state index is -4.18. The number of non-ortho nitro benzene ring substituents is 1. The van der Waals surface area contributed by atoms with Gasteiger partial charge in [-0.2, -0.15) is 9.41 Å². The number of nitrogens with zero attached hydrogens (tertiary/aromatic N) is 3. The zero-order valence-corrected chi connectivity index (χ0v) is 17.7. The van der Waals surface area contributed by atoms with Crippen LogP contribution in [-0.2, 0) is 14.8 Å². The van der Waals surface area contributed by atoms with Gasteiger partial charge in [-0.15, -0.1) is 0 Å². The second kappa shape index (κ2) is 8.89. The normalized spacial score (nSPS) is 19.8.